The average Bonchev–Trinajstić information content (AvgIpc) is 3.04. The van der Waals surface area contributed by atoms with Crippen LogP contribution in [-0.4, -0.2) is 24.9 Å². The first-order valence-electron chi connectivity index (χ1n) is 8.03. The molecule has 5 nitrogen and oxygen atoms in total. The Bertz CT molecular complexity index is 858. The molecule has 0 aromatic heterocycles. The highest BCUT2D eigenvalue weighted by Gasteiger charge is 2.23. The van der Waals surface area contributed by atoms with Gasteiger partial charge in [0, 0.05) is 13.0 Å². The molecule has 1 aliphatic rings. The summed E-state index contributed by atoms with van der Waals surface area (Å²) in [7, 11) is 0. The molecule has 0 aliphatic carbocycles. The SMILES string of the molecule is O=C(CNc1ccccc1N1CCCC1=O)Nc1cc(Cl)c(Cl)cc1Cl. The zero-order chi connectivity index (χ0) is 18.7. The number of rotatable bonds is 5. The van der Waals surface area contributed by atoms with Gasteiger partial charge in [-0.3, -0.25) is 9.59 Å². The van der Waals surface area contributed by atoms with E-state index in [1.165, 1.54) is 12.1 Å². The van der Waals surface area contributed by atoms with E-state index in [4.69, 9.17) is 34.8 Å². The van der Waals surface area contributed by atoms with E-state index in [0.717, 1.165) is 17.8 Å². The lowest BCUT2D eigenvalue weighted by atomic mass is 10.2. The van der Waals surface area contributed by atoms with Gasteiger partial charge in [-0.1, -0.05) is 46.9 Å². The molecule has 8 heteroatoms. The van der Waals surface area contributed by atoms with Crippen molar-refractivity contribution in [3.8, 4) is 0 Å². The zero-order valence-corrected chi connectivity index (χ0v) is 16.0. The fourth-order valence-electron chi connectivity index (χ4n) is 2.75. The Morgan fingerprint density at radius 2 is 1.77 bits per heavy atom. The molecule has 0 atom stereocenters. The number of nitrogens with one attached hydrogen (secondary N) is 2. The van der Waals surface area contributed by atoms with Gasteiger partial charge in [0.15, 0.2) is 0 Å². The number of benzene rings is 2. The van der Waals surface area contributed by atoms with Gasteiger partial charge in [-0.15, -0.1) is 0 Å². The molecule has 26 heavy (non-hydrogen) atoms. The molecule has 0 radical (unpaired) electrons. The summed E-state index contributed by atoms with van der Waals surface area (Å²) in [4.78, 5) is 26.0. The topological polar surface area (TPSA) is 61.4 Å². The Hall–Kier alpha value is -1.95. The number of hydrogen-bond donors (Lipinski definition) is 2. The molecule has 0 spiro atoms. The summed E-state index contributed by atoms with van der Waals surface area (Å²) < 4.78 is 0. The van der Waals surface area contributed by atoms with Gasteiger partial charge in [0.25, 0.3) is 0 Å². The summed E-state index contributed by atoms with van der Waals surface area (Å²) in [5.74, 6) is -0.209. The molecule has 2 amide bonds. The molecule has 1 fully saturated rings. The molecule has 0 bridgehead atoms. The van der Waals surface area contributed by atoms with Crippen molar-refractivity contribution in [3.05, 3.63) is 51.5 Å². The molecule has 1 aliphatic heterocycles. The average molecular weight is 413 g/mol. The van der Waals surface area contributed by atoms with Crippen molar-refractivity contribution in [2.24, 2.45) is 0 Å². The first kappa shape index (κ1) is 18.8. The molecule has 136 valence electrons. The largest absolute Gasteiger partial charge is 0.374 e. The van der Waals surface area contributed by atoms with Crippen LogP contribution in [0, 0.1) is 0 Å². The van der Waals surface area contributed by atoms with Crippen molar-refractivity contribution < 1.29 is 9.59 Å². The van der Waals surface area contributed by atoms with Gasteiger partial charge in [0.05, 0.1) is 38.7 Å². The van der Waals surface area contributed by atoms with E-state index in [1.807, 2.05) is 24.3 Å². The smallest absolute Gasteiger partial charge is 0.243 e. The van der Waals surface area contributed by atoms with Crippen LogP contribution in [0.4, 0.5) is 17.1 Å². The number of carbonyl (C=O) groups excluding carboxylic acids is 2. The number of anilines is 3. The number of para-hydroxylation sites is 2. The summed E-state index contributed by atoms with van der Waals surface area (Å²) in [6, 6.07) is 10.4. The van der Waals surface area contributed by atoms with Crippen molar-refractivity contribution in [2.45, 2.75) is 12.8 Å². The molecule has 2 aromatic rings. The normalized spacial score (nSPS) is 13.8. The minimum atomic E-state index is -0.298. The maximum Gasteiger partial charge on any atom is 0.243 e. The predicted molar refractivity (Wildman–Crippen MR) is 107 cm³/mol. The fraction of sp³-hybridized carbons (Fsp3) is 0.222. The Labute approximate surface area is 166 Å². The molecule has 2 aromatic carbocycles. The molecule has 0 saturated carbocycles. The second-order valence-corrected chi connectivity index (χ2v) is 7.04. The maximum absolute atomic E-state index is 12.2. The maximum atomic E-state index is 12.2. The molecule has 1 heterocycles. The number of nitrogens with zero attached hydrogens (tertiary/aromatic N) is 1. The van der Waals surface area contributed by atoms with E-state index in [0.29, 0.717) is 33.7 Å². The van der Waals surface area contributed by atoms with Crippen LogP contribution in [0.15, 0.2) is 36.4 Å². The van der Waals surface area contributed by atoms with Crippen molar-refractivity contribution in [1.82, 2.24) is 0 Å². The Balaban J connectivity index is 1.67. The minimum absolute atomic E-state index is 0.00954. The third-order valence-corrected chi connectivity index (χ3v) is 5.03. The lowest BCUT2D eigenvalue weighted by molar-refractivity contribution is -0.117. The second-order valence-electron chi connectivity index (χ2n) is 5.81. The van der Waals surface area contributed by atoms with Crippen LogP contribution < -0.4 is 15.5 Å². The Morgan fingerprint density at radius 1 is 1.04 bits per heavy atom. The van der Waals surface area contributed by atoms with Crippen LogP contribution >= 0.6 is 34.8 Å². The first-order chi connectivity index (χ1) is 12.5. The molecule has 0 unspecified atom stereocenters. The van der Waals surface area contributed by atoms with Crippen LogP contribution in [0.3, 0.4) is 0 Å². The Morgan fingerprint density at radius 3 is 2.50 bits per heavy atom. The number of hydrogen-bond acceptors (Lipinski definition) is 3. The van der Waals surface area contributed by atoms with Crippen molar-refractivity contribution in [1.29, 1.82) is 0 Å². The highest BCUT2D eigenvalue weighted by Crippen LogP contribution is 2.32. The number of amides is 2. The molecular formula is C18H16Cl3N3O2. The van der Waals surface area contributed by atoms with E-state index in [9.17, 15) is 9.59 Å². The van der Waals surface area contributed by atoms with Gasteiger partial charge < -0.3 is 15.5 Å². The number of halogens is 3. The van der Waals surface area contributed by atoms with Crippen LogP contribution in [-0.2, 0) is 9.59 Å². The Kier molecular flexibility index (Phi) is 5.91. The summed E-state index contributed by atoms with van der Waals surface area (Å²) in [5.41, 5.74) is 1.88. The summed E-state index contributed by atoms with van der Waals surface area (Å²) in [5, 5.41) is 6.68. The second kappa shape index (κ2) is 8.16. The zero-order valence-electron chi connectivity index (χ0n) is 13.7. The van der Waals surface area contributed by atoms with Crippen LogP contribution in [0.25, 0.3) is 0 Å². The van der Waals surface area contributed by atoms with Crippen LogP contribution in [0.5, 0.6) is 0 Å². The third kappa shape index (κ3) is 4.23. The summed E-state index contributed by atoms with van der Waals surface area (Å²) in [6.07, 6.45) is 1.38. The van der Waals surface area contributed by atoms with Gasteiger partial charge in [-0.25, -0.2) is 0 Å². The molecule has 3 rings (SSSR count). The van der Waals surface area contributed by atoms with Crippen molar-refractivity contribution in [2.75, 3.05) is 28.6 Å². The fourth-order valence-corrected chi connectivity index (χ4v) is 3.34. The molecular weight excluding hydrogens is 397 g/mol. The lowest BCUT2D eigenvalue weighted by Crippen LogP contribution is -2.26. The van der Waals surface area contributed by atoms with Gasteiger partial charge in [-0.05, 0) is 30.7 Å². The van der Waals surface area contributed by atoms with E-state index < -0.39 is 0 Å². The molecule has 2 N–H and O–H groups in total. The van der Waals surface area contributed by atoms with Gasteiger partial charge in [-0.2, -0.15) is 0 Å². The van der Waals surface area contributed by atoms with Crippen LogP contribution in [0.1, 0.15) is 12.8 Å². The first-order valence-corrected chi connectivity index (χ1v) is 9.17. The quantitative estimate of drug-likeness (QED) is 0.692. The number of carbonyl (C=O) groups is 2. The molecule has 1 saturated heterocycles. The monoisotopic (exact) mass is 411 g/mol. The standard InChI is InChI=1S/C18H16Cl3N3O2/c19-11-8-13(21)15(9-12(11)20)23-17(25)10-22-14-4-1-2-5-16(14)24-7-3-6-18(24)26/h1-2,4-5,8-9,22H,3,6-7,10H2,(H,23,25). The van der Waals surface area contributed by atoms with Gasteiger partial charge >= 0.3 is 0 Å². The predicted octanol–water partition coefficient (Wildman–Crippen LogP) is 4.82. The van der Waals surface area contributed by atoms with E-state index in [-0.39, 0.29) is 18.4 Å². The minimum Gasteiger partial charge on any atom is -0.374 e. The van der Waals surface area contributed by atoms with Crippen molar-refractivity contribution >= 4 is 63.7 Å². The highest BCUT2D eigenvalue weighted by atomic mass is 35.5. The lowest BCUT2D eigenvalue weighted by Gasteiger charge is -2.20. The van der Waals surface area contributed by atoms with E-state index in [2.05, 4.69) is 10.6 Å². The summed E-state index contributed by atoms with van der Waals surface area (Å²) >= 11 is 17.9. The summed E-state index contributed by atoms with van der Waals surface area (Å²) in [6.45, 7) is 0.693. The van der Waals surface area contributed by atoms with Crippen LogP contribution in [0.2, 0.25) is 15.1 Å². The van der Waals surface area contributed by atoms with Crippen molar-refractivity contribution in [3.63, 3.8) is 0 Å². The van der Waals surface area contributed by atoms with Gasteiger partial charge in [0.2, 0.25) is 11.8 Å². The highest BCUT2D eigenvalue weighted by molar-refractivity contribution is 6.44. The third-order valence-electron chi connectivity index (χ3n) is 3.99. The van der Waals surface area contributed by atoms with Gasteiger partial charge in [0.1, 0.15) is 0 Å². The van der Waals surface area contributed by atoms with E-state index >= 15 is 0 Å². The van der Waals surface area contributed by atoms with E-state index in [1.54, 1.807) is 4.90 Å².